The van der Waals surface area contributed by atoms with Gasteiger partial charge in [-0.25, -0.2) is 4.98 Å². The molecule has 1 aliphatic heterocycles. The number of hydrogen-bond donors (Lipinski definition) is 2. The van der Waals surface area contributed by atoms with E-state index in [0.29, 0.717) is 27.1 Å². The van der Waals surface area contributed by atoms with Crippen LogP contribution < -0.4 is 14.2 Å². The first kappa shape index (κ1) is 17.4. The lowest BCUT2D eigenvalue weighted by atomic mass is 9.83. The van der Waals surface area contributed by atoms with Crippen LogP contribution in [0.4, 0.5) is 0 Å². The van der Waals surface area contributed by atoms with E-state index in [-0.39, 0.29) is 0 Å². The molecule has 1 fully saturated rings. The molecule has 0 bridgehead atoms. The maximum atomic E-state index is 12.2. The second-order valence-electron chi connectivity index (χ2n) is 5.62. The zero-order chi connectivity index (χ0) is 17.5. The summed E-state index contributed by atoms with van der Waals surface area (Å²) in [5, 5.41) is 0.783. The van der Waals surface area contributed by atoms with Gasteiger partial charge in [-0.15, -0.1) is 0 Å². The largest absolute Gasteiger partial charge is 0.495 e. The highest BCUT2D eigenvalue weighted by molar-refractivity contribution is 7.87. The van der Waals surface area contributed by atoms with E-state index in [9.17, 15) is 8.42 Å². The Morgan fingerprint density at radius 3 is 2.62 bits per heavy atom. The molecule has 0 aliphatic carbocycles. The van der Waals surface area contributed by atoms with Gasteiger partial charge in [0.1, 0.15) is 10.9 Å². The van der Waals surface area contributed by atoms with Crippen molar-refractivity contribution in [1.82, 2.24) is 14.4 Å². The molecule has 0 unspecified atom stereocenters. The molecule has 1 saturated heterocycles. The highest BCUT2D eigenvalue weighted by Crippen LogP contribution is 2.41. The number of nitrogens with zero attached hydrogens (tertiary/aromatic N) is 1. The molecule has 2 atom stereocenters. The van der Waals surface area contributed by atoms with Crippen LogP contribution in [0.25, 0.3) is 0 Å². The Bertz CT molecular complexity index is 874. The predicted molar refractivity (Wildman–Crippen MR) is 92.5 cm³/mol. The van der Waals surface area contributed by atoms with E-state index in [1.165, 1.54) is 7.11 Å². The third-order valence-corrected chi connectivity index (χ3v) is 5.81. The number of hydrogen-bond acceptors (Lipinski definition) is 4. The molecule has 0 saturated carbocycles. The quantitative estimate of drug-likeness (QED) is 0.793. The number of nitrogens with one attached hydrogen (secondary N) is 2. The van der Waals surface area contributed by atoms with E-state index >= 15 is 0 Å². The maximum Gasteiger partial charge on any atom is 0.278 e. The van der Waals surface area contributed by atoms with Crippen LogP contribution in [0.3, 0.4) is 0 Å². The second kappa shape index (κ2) is 6.16. The van der Waals surface area contributed by atoms with E-state index in [4.69, 9.17) is 27.9 Å². The molecule has 0 spiro atoms. The van der Waals surface area contributed by atoms with Crippen molar-refractivity contribution >= 4 is 33.4 Å². The first-order chi connectivity index (χ1) is 11.2. The third kappa shape index (κ3) is 3.10. The normalized spacial score (nSPS) is 25.6. The summed E-state index contributed by atoms with van der Waals surface area (Å²) < 4.78 is 34.8. The van der Waals surface area contributed by atoms with Crippen molar-refractivity contribution in [3.63, 3.8) is 0 Å². The maximum absolute atomic E-state index is 12.2. The van der Waals surface area contributed by atoms with Crippen molar-refractivity contribution in [2.75, 3.05) is 7.11 Å². The zero-order valence-electron chi connectivity index (χ0n) is 12.9. The van der Waals surface area contributed by atoms with Gasteiger partial charge in [-0.05, 0) is 36.2 Å². The molecule has 3 rings (SSSR count). The average molecular weight is 388 g/mol. The van der Waals surface area contributed by atoms with Crippen molar-refractivity contribution in [3.05, 3.63) is 57.8 Å². The summed E-state index contributed by atoms with van der Waals surface area (Å²) in [6, 6.07) is 7.93. The highest BCUT2D eigenvalue weighted by Gasteiger charge is 2.48. The summed E-state index contributed by atoms with van der Waals surface area (Å²) in [6.07, 6.45) is 1.55. The van der Waals surface area contributed by atoms with E-state index in [2.05, 4.69) is 14.4 Å². The highest BCUT2D eigenvalue weighted by atomic mass is 35.5. The van der Waals surface area contributed by atoms with E-state index in [1.807, 2.05) is 0 Å². The standard InChI is InChI=1S/C15H15Cl2N3O3S/c1-15(10-4-6-13(17)18-8-10)14(19-24(21,22)20-15)9-3-5-11(16)12(7-9)23-2/h3-8,14,19-20H,1-2H3/t14-,15-/m0/s1. The Morgan fingerprint density at radius 1 is 1.25 bits per heavy atom. The second-order valence-corrected chi connectivity index (χ2v) is 7.86. The number of aromatic nitrogens is 1. The van der Waals surface area contributed by atoms with Crippen LogP contribution in [-0.2, 0) is 15.7 Å². The van der Waals surface area contributed by atoms with Crippen LogP contribution >= 0.6 is 23.2 Å². The summed E-state index contributed by atoms with van der Waals surface area (Å²) in [5.41, 5.74) is 0.441. The molecule has 2 heterocycles. The summed E-state index contributed by atoms with van der Waals surface area (Å²) in [6.45, 7) is 1.78. The van der Waals surface area contributed by atoms with Gasteiger partial charge in [0.15, 0.2) is 0 Å². The molecule has 128 valence electrons. The van der Waals surface area contributed by atoms with Gasteiger partial charge in [0.05, 0.1) is 23.7 Å². The van der Waals surface area contributed by atoms with Crippen LogP contribution in [0.2, 0.25) is 10.2 Å². The van der Waals surface area contributed by atoms with Crippen molar-refractivity contribution in [3.8, 4) is 5.75 Å². The zero-order valence-corrected chi connectivity index (χ0v) is 15.2. The average Bonchev–Trinajstić information content (AvgIpc) is 2.79. The summed E-state index contributed by atoms with van der Waals surface area (Å²) >= 11 is 11.9. The number of benzene rings is 1. The van der Waals surface area contributed by atoms with Gasteiger partial charge in [0.25, 0.3) is 10.2 Å². The van der Waals surface area contributed by atoms with Crippen LogP contribution in [0.1, 0.15) is 24.1 Å². The topological polar surface area (TPSA) is 80.3 Å². The minimum absolute atomic E-state index is 0.334. The predicted octanol–water partition coefficient (Wildman–Crippen LogP) is 2.79. The molecule has 1 aromatic heterocycles. The Morgan fingerprint density at radius 2 is 2.00 bits per heavy atom. The molecule has 24 heavy (non-hydrogen) atoms. The van der Waals surface area contributed by atoms with E-state index in [0.717, 1.165) is 0 Å². The van der Waals surface area contributed by atoms with Gasteiger partial charge in [-0.2, -0.15) is 17.9 Å². The fourth-order valence-corrected chi connectivity index (χ4v) is 4.65. The first-order valence-corrected chi connectivity index (χ1v) is 9.26. The molecule has 1 aliphatic rings. The molecule has 2 N–H and O–H groups in total. The number of pyridine rings is 1. The number of halogens is 2. The minimum Gasteiger partial charge on any atom is -0.495 e. The van der Waals surface area contributed by atoms with Gasteiger partial charge in [-0.1, -0.05) is 35.3 Å². The van der Waals surface area contributed by atoms with E-state index in [1.54, 1.807) is 43.5 Å². The molecular formula is C15H15Cl2N3O3S. The third-order valence-electron chi connectivity index (χ3n) is 4.03. The van der Waals surface area contributed by atoms with E-state index < -0.39 is 21.8 Å². The SMILES string of the molecule is COc1cc([C@@H]2NS(=O)(=O)N[C@@]2(C)c2ccc(Cl)nc2)ccc1Cl. The van der Waals surface area contributed by atoms with Crippen LogP contribution in [-0.4, -0.2) is 20.5 Å². The number of ether oxygens (including phenoxy) is 1. The summed E-state index contributed by atoms with van der Waals surface area (Å²) in [4.78, 5) is 4.05. The lowest BCUT2D eigenvalue weighted by molar-refractivity contribution is 0.374. The molecular weight excluding hydrogens is 373 g/mol. The number of rotatable bonds is 3. The van der Waals surface area contributed by atoms with Crippen molar-refractivity contribution < 1.29 is 13.2 Å². The minimum atomic E-state index is -3.67. The Labute approximate surface area is 150 Å². The Kier molecular flexibility index (Phi) is 4.48. The Balaban J connectivity index is 2.12. The van der Waals surface area contributed by atoms with Crippen LogP contribution in [0.5, 0.6) is 5.75 Å². The van der Waals surface area contributed by atoms with Gasteiger partial charge < -0.3 is 4.74 Å². The molecule has 1 aromatic carbocycles. The smallest absolute Gasteiger partial charge is 0.278 e. The summed E-state index contributed by atoms with van der Waals surface area (Å²) in [5.74, 6) is 0.469. The van der Waals surface area contributed by atoms with Crippen molar-refractivity contribution in [2.45, 2.75) is 18.5 Å². The monoisotopic (exact) mass is 387 g/mol. The van der Waals surface area contributed by atoms with Gasteiger partial charge in [0, 0.05) is 6.20 Å². The van der Waals surface area contributed by atoms with Crippen molar-refractivity contribution in [1.29, 1.82) is 0 Å². The molecule has 0 radical (unpaired) electrons. The lowest BCUT2D eigenvalue weighted by Crippen LogP contribution is -2.39. The molecule has 6 nitrogen and oxygen atoms in total. The fraction of sp³-hybridized carbons (Fsp3) is 0.267. The molecule has 0 amide bonds. The summed E-state index contributed by atoms with van der Waals surface area (Å²) in [7, 11) is -2.17. The van der Waals surface area contributed by atoms with Gasteiger partial charge in [0.2, 0.25) is 0 Å². The number of methoxy groups -OCH3 is 1. The van der Waals surface area contributed by atoms with Gasteiger partial charge in [-0.3, -0.25) is 0 Å². The van der Waals surface area contributed by atoms with Gasteiger partial charge >= 0.3 is 0 Å². The van der Waals surface area contributed by atoms with Crippen LogP contribution in [0.15, 0.2) is 36.5 Å². The Hall–Kier alpha value is -1.38. The fourth-order valence-electron chi connectivity index (χ4n) is 2.81. The lowest BCUT2D eigenvalue weighted by Gasteiger charge is -2.30. The molecule has 9 heteroatoms. The molecule has 2 aromatic rings. The van der Waals surface area contributed by atoms with Crippen LogP contribution in [0, 0.1) is 0 Å². The van der Waals surface area contributed by atoms with Crippen molar-refractivity contribution in [2.24, 2.45) is 0 Å². The first-order valence-electron chi connectivity index (χ1n) is 7.02.